The van der Waals surface area contributed by atoms with Crippen molar-refractivity contribution in [2.45, 2.75) is 108 Å². The summed E-state index contributed by atoms with van der Waals surface area (Å²) in [7, 11) is 1.43. The molecule has 0 aromatic rings. The van der Waals surface area contributed by atoms with E-state index in [0.29, 0.717) is 6.42 Å². The standard InChI is InChI=1S/C19H36Cl2O2/c1-3-4-5-6-7-8-9-11-14-17(20)18(21)15-12-10-13-16-19(22)23-2/h17-18H,3-16H2,1-2H3/t17-,18-/m1/s1. The Balaban J connectivity index is 3.41. The minimum absolute atomic E-state index is 0.0550. The lowest BCUT2D eigenvalue weighted by atomic mass is 10.0. The minimum atomic E-state index is -0.127. The molecule has 0 heterocycles. The van der Waals surface area contributed by atoms with Crippen LogP contribution >= 0.6 is 23.2 Å². The average molecular weight is 367 g/mol. The van der Waals surface area contributed by atoms with E-state index in [1.165, 1.54) is 58.5 Å². The molecule has 0 saturated carbocycles. The zero-order chi connectivity index (χ0) is 17.3. The summed E-state index contributed by atoms with van der Waals surface area (Å²) >= 11 is 12.8. The van der Waals surface area contributed by atoms with Gasteiger partial charge in [-0.3, -0.25) is 4.79 Å². The quantitative estimate of drug-likeness (QED) is 0.169. The summed E-state index contributed by atoms with van der Waals surface area (Å²) in [5, 5.41) is 0.136. The number of hydrogen-bond donors (Lipinski definition) is 0. The molecule has 0 radical (unpaired) electrons. The molecule has 0 rings (SSSR count). The van der Waals surface area contributed by atoms with Crippen molar-refractivity contribution >= 4 is 29.2 Å². The summed E-state index contributed by atoms with van der Waals surface area (Å²) in [6.07, 6.45) is 16.0. The third-order valence-electron chi connectivity index (χ3n) is 4.31. The molecule has 23 heavy (non-hydrogen) atoms. The molecular formula is C19H36Cl2O2. The molecule has 0 aromatic heterocycles. The maximum Gasteiger partial charge on any atom is 0.305 e. The highest BCUT2D eigenvalue weighted by atomic mass is 35.5. The first-order valence-corrected chi connectivity index (χ1v) is 10.3. The zero-order valence-corrected chi connectivity index (χ0v) is 16.6. The van der Waals surface area contributed by atoms with Gasteiger partial charge in [-0.15, -0.1) is 23.2 Å². The first kappa shape index (κ1) is 23.1. The van der Waals surface area contributed by atoms with Gasteiger partial charge in [0.05, 0.1) is 7.11 Å². The molecule has 0 aromatic carbocycles. The largest absolute Gasteiger partial charge is 0.469 e. The fourth-order valence-corrected chi connectivity index (χ4v) is 3.28. The van der Waals surface area contributed by atoms with E-state index in [0.717, 1.165) is 32.1 Å². The van der Waals surface area contributed by atoms with Crippen LogP contribution in [0.3, 0.4) is 0 Å². The van der Waals surface area contributed by atoms with E-state index in [2.05, 4.69) is 11.7 Å². The second-order valence-corrected chi connectivity index (χ2v) is 7.59. The van der Waals surface area contributed by atoms with Gasteiger partial charge in [0, 0.05) is 17.2 Å². The third-order valence-corrected chi connectivity index (χ3v) is 5.49. The van der Waals surface area contributed by atoms with Crippen LogP contribution in [0.5, 0.6) is 0 Å². The number of unbranched alkanes of at least 4 members (excludes halogenated alkanes) is 9. The van der Waals surface area contributed by atoms with E-state index < -0.39 is 0 Å². The summed E-state index contributed by atoms with van der Waals surface area (Å²) in [4.78, 5) is 11.0. The summed E-state index contributed by atoms with van der Waals surface area (Å²) in [5.41, 5.74) is 0. The second-order valence-electron chi connectivity index (χ2n) is 6.47. The third kappa shape index (κ3) is 15.3. The molecule has 0 unspecified atom stereocenters. The molecule has 0 N–H and O–H groups in total. The van der Waals surface area contributed by atoms with Gasteiger partial charge in [-0.2, -0.15) is 0 Å². The maximum atomic E-state index is 11.0. The summed E-state index contributed by atoms with van der Waals surface area (Å²) in [6, 6.07) is 0. The number of esters is 1. The van der Waals surface area contributed by atoms with E-state index in [9.17, 15) is 4.79 Å². The predicted octanol–water partition coefficient (Wildman–Crippen LogP) is 6.86. The van der Waals surface area contributed by atoms with Crippen LogP contribution in [-0.4, -0.2) is 23.8 Å². The van der Waals surface area contributed by atoms with Crippen LogP contribution in [0.1, 0.15) is 96.8 Å². The number of alkyl halides is 2. The topological polar surface area (TPSA) is 26.3 Å². The highest BCUT2D eigenvalue weighted by Gasteiger charge is 2.15. The molecule has 2 nitrogen and oxygen atoms in total. The number of methoxy groups -OCH3 is 1. The Labute approximate surface area is 153 Å². The minimum Gasteiger partial charge on any atom is -0.469 e. The van der Waals surface area contributed by atoms with Crippen LogP contribution in [-0.2, 0) is 9.53 Å². The Hall–Kier alpha value is 0.0500. The molecule has 0 fully saturated rings. The molecule has 0 aliphatic heterocycles. The van der Waals surface area contributed by atoms with Gasteiger partial charge in [-0.05, 0) is 19.3 Å². The summed E-state index contributed by atoms with van der Waals surface area (Å²) in [6.45, 7) is 2.25. The van der Waals surface area contributed by atoms with Crippen molar-refractivity contribution in [3.63, 3.8) is 0 Å². The van der Waals surface area contributed by atoms with Gasteiger partial charge >= 0.3 is 5.97 Å². The number of hydrogen-bond acceptors (Lipinski definition) is 2. The van der Waals surface area contributed by atoms with Gasteiger partial charge in [0.25, 0.3) is 0 Å². The number of carbonyl (C=O) groups is 1. The van der Waals surface area contributed by atoms with E-state index in [1.54, 1.807) is 0 Å². The molecule has 138 valence electrons. The molecule has 0 bridgehead atoms. The SMILES string of the molecule is CCCCCCCCCC[C@@H](Cl)[C@H](Cl)CCCCCC(=O)OC. The average Bonchev–Trinajstić information content (AvgIpc) is 2.56. The highest BCUT2D eigenvalue weighted by molar-refractivity contribution is 6.29. The monoisotopic (exact) mass is 366 g/mol. The van der Waals surface area contributed by atoms with E-state index in [-0.39, 0.29) is 16.7 Å². The van der Waals surface area contributed by atoms with Crippen molar-refractivity contribution in [3.05, 3.63) is 0 Å². The van der Waals surface area contributed by atoms with Gasteiger partial charge in [0.2, 0.25) is 0 Å². The van der Waals surface area contributed by atoms with E-state index >= 15 is 0 Å². The van der Waals surface area contributed by atoms with Crippen molar-refractivity contribution in [2.24, 2.45) is 0 Å². The number of rotatable bonds is 16. The van der Waals surface area contributed by atoms with Crippen LogP contribution in [0, 0.1) is 0 Å². The predicted molar refractivity (Wildman–Crippen MR) is 102 cm³/mol. The normalized spacial score (nSPS) is 13.7. The first-order chi connectivity index (χ1) is 11.1. The van der Waals surface area contributed by atoms with E-state index in [1.807, 2.05) is 0 Å². The van der Waals surface area contributed by atoms with Crippen molar-refractivity contribution in [2.75, 3.05) is 7.11 Å². The first-order valence-electron chi connectivity index (χ1n) is 9.46. The Morgan fingerprint density at radius 3 is 1.70 bits per heavy atom. The molecule has 2 atom stereocenters. The van der Waals surface area contributed by atoms with Gasteiger partial charge < -0.3 is 4.74 Å². The lowest BCUT2D eigenvalue weighted by Gasteiger charge is -2.15. The van der Waals surface area contributed by atoms with Crippen LogP contribution < -0.4 is 0 Å². The molecule has 4 heteroatoms. The van der Waals surface area contributed by atoms with Gasteiger partial charge in [0.1, 0.15) is 0 Å². The van der Waals surface area contributed by atoms with E-state index in [4.69, 9.17) is 23.2 Å². The second kappa shape index (κ2) is 16.9. The van der Waals surface area contributed by atoms with Crippen LogP contribution in [0.2, 0.25) is 0 Å². The van der Waals surface area contributed by atoms with Gasteiger partial charge in [-0.25, -0.2) is 0 Å². The lowest BCUT2D eigenvalue weighted by molar-refractivity contribution is -0.140. The van der Waals surface area contributed by atoms with Gasteiger partial charge in [-0.1, -0.05) is 71.1 Å². The molecule has 0 amide bonds. The van der Waals surface area contributed by atoms with Crippen molar-refractivity contribution in [3.8, 4) is 0 Å². The summed E-state index contributed by atoms with van der Waals surface area (Å²) < 4.78 is 4.62. The van der Waals surface area contributed by atoms with Gasteiger partial charge in [0.15, 0.2) is 0 Å². The van der Waals surface area contributed by atoms with Crippen LogP contribution in [0.15, 0.2) is 0 Å². The van der Waals surface area contributed by atoms with Crippen LogP contribution in [0.4, 0.5) is 0 Å². The zero-order valence-electron chi connectivity index (χ0n) is 15.1. The highest BCUT2D eigenvalue weighted by Crippen LogP contribution is 2.22. The van der Waals surface area contributed by atoms with Crippen molar-refractivity contribution in [1.82, 2.24) is 0 Å². The smallest absolute Gasteiger partial charge is 0.305 e. The fourth-order valence-electron chi connectivity index (χ4n) is 2.72. The number of carbonyl (C=O) groups excluding carboxylic acids is 1. The maximum absolute atomic E-state index is 11.0. The number of halogens is 2. The number of ether oxygens (including phenoxy) is 1. The molecular weight excluding hydrogens is 331 g/mol. The molecule has 0 aliphatic carbocycles. The van der Waals surface area contributed by atoms with Crippen molar-refractivity contribution < 1.29 is 9.53 Å². The van der Waals surface area contributed by atoms with Crippen LogP contribution in [0.25, 0.3) is 0 Å². The van der Waals surface area contributed by atoms with Crippen molar-refractivity contribution in [1.29, 1.82) is 0 Å². The lowest BCUT2D eigenvalue weighted by Crippen LogP contribution is -2.15. The fraction of sp³-hybridized carbons (Fsp3) is 0.947. The molecule has 0 saturated heterocycles. The molecule has 0 aliphatic rings. The summed E-state index contributed by atoms with van der Waals surface area (Å²) in [5.74, 6) is -0.127. The molecule has 0 spiro atoms. The Bertz CT molecular complexity index is 272. The Kier molecular flexibility index (Phi) is 16.9. The Morgan fingerprint density at radius 2 is 1.22 bits per heavy atom. The Morgan fingerprint density at radius 1 is 0.783 bits per heavy atom.